The van der Waals surface area contributed by atoms with Crippen LogP contribution >= 0.6 is 0 Å². The van der Waals surface area contributed by atoms with Crippen molar-refractivity contribution in [2.75, 3.05) is 0 Å². The molecule has 5 N–H and O–H groups in total. The normalized spacial score (nSPS) is 12.9. The number of carbonyl (C=O) groups excluding carboxylic acids is 2. The molecule has 0 heterocycles. The first kappa shape index (κ1) is 17.2. The number of hydrogen-bond donors (Lipinski definition) is 4. The Morgan fingerprint density at radius 1 is 1.21 bits per heavy atom. The molecule has 1 unspecified atom stereocenters. The second-order valence-electron chi connectivity index (χ2n) is 4.81. The average molecular weight is 273 g/mol. The van der Waals surface area contributed by atoms with Gasteiger partial charge in [-0.1, -0.05) is 27.7 Å². The predicted octanol–water partition coefficient (Wildman–Crippen LogP) is 0.439. The highest BCUT2D eigenvalue weighted by molar-refractivity contribution is 5.91. The van der Waals surface area contributed by atoms with Gasteiger partial charge in [-0.05, 0) is 18.8 Å². The third-order valence-electron chi connectivity index (χ3n) is 3.23. The van der Waals surface area contributed by atoms with Gasteiger partial charge in [-0.25, -0.2) is 9.59 Å². The monoisotopic (exact) mass is 273 g/mol. The van der Waals surface area contributed by atoms with Crippen molar-refractivity contribution < 1.29 is 19.5 Å². The third-order valence-corrected chi connectivity index (χ3v) is 3.23. The number of urea groups is 1. The van der Waals surface area contributed by atoms with Crippen LogP contribution in [0.3, 0.4) is 0 Å². The summed E-state index contributed by atoms with van der Waals surface area (Å²) in [6, 6.07) is -1.67. The number of rotatable bonds is 7. The summed E-state index contributed by atoms with van der Waals surface area (Å²) in [4.78, 5) is 34.3. The van der Waals surface area contributed by atoms with Crippen LogP contribution in [0.4, 0.5) is 4.79 Å². The fourth-order valence-electron chi connectivity index (χ4n) is 1.78. The van der Waals surface area contributed by atoms with E-state index in [0.717, 1.165) is 0 Å². The Kier molecular flexibility index (Phi) is 6.31. The Bertz CT molecular complexity index is 351. The number of aliphatic carboxylic acids is 1. The largest absolute Gasteiger partial charge is 0.480 e. The van der Waals surface area contributed by atoms with Gasteiger partial charge in [-0.2, -0.15) is 0 Å². The van der Waals surface area contributed by atoms with E-state index in [-0.39, 0.29) is 18.8 Å². The van der Waals surface area contributed by atoms with Crippen molar-refractivity contribution in [3.63, 3.8) is 0 Å². The highest BCUT2D eigenvalue weighted by Gasteiger charge is 2.38. The van der Waals surface area contributed by atoms with Gasteiger partial charge in [0.2, 0.25) is 5.91 Å². The number of amides is 3. The molecule has 0 radical (unpaired) electrons. The van der Waals surface area contributed by atoms with Gasteiger partial charge < -0.3 is 21.5 Å². The molecule has 3 amide bonds. The zero-order chi connectivity index (χ0) is 15.2. The van der Waals surface area contributed by atoms with Gasteiger partial charge in [0, 0.05) is 0 Å². The minimum atomic E-state index is -1.32. The number of nitrogens with two attached hydrogens (primary N) is 1. The number of carboxylic acids is 1. The number of nitrogens with one attached hydrogen (secondary N) is 2. The first-order chi connectivity index (χ1) is 8.70. The van der Waals surface area contributed by atoms with E-state index in [1.807, 2.05) is 0 Å². The lowest BCUT2D eigenvalue weighted by Gasteiger charge is -2.31. The molecule has 0 saturated carbocycles. The molecule has 110 valence electrons. The van der Waals surface area contributed by atoms with Crippen molar-refractivity contribution in [3.8, 4) is 0 Å². The van der Waals surface area contributed by atoms with Crippen LogP contribution in [0, 0.1) is 5.92 Å². The van der Waals surface area contributed by atoms with E-state index in [1.165, 1.54) is 0 Å². The van der Waals surface area contributed by atoms with Crippen LogP contribution in [0.5, 0.6) is 0 Å². The molecule has 19 heavy (non-hydrogen) atoms. The van der Waals surface area contributed by atoms with E-state index in [0.29, 0.717) is 0 Å². The summed E-state index contributed by atoms with van der Waals surface area (Å²) < 4.78 is 0. The van der Waals surface area contributed by atoms with E-state index < -0.39 is 29.5 Å². The van der Waals surface area contributed by atoms with Crippen molar-refractivity contribution in [3.05, 3.63) is 0 Å². The van der Waals surface area contributed by atoms with Crippen molar-refractivity contribution in [1.29, 1.82) is 0 Å². The first-order valence-electron chi connectivity index (χ1n) is 6.31. The summed E-state index contributed by atoms with van der Waals surface area (Å²) in [7, 11) is 0. The summed E-state index contributed by atoms with van der Waals surface area (Å²) in [5.74, 6) is -1.83. The summed E-state index contributed by atoms with van der Waals surface area (Å²) in [6.07, 6.45) is 0.512. The molecule has 0 saturated heterocycles. The smallest absolute Gasteiger partial charge is 0.329 e. The molecule has 1 atom stereocenters. The maximum atomic E-state index is 12.1. The number of hydrogen-bond acceptors (Lipinski definition) is 3. The molecular formula is C12H23N3O4. The zero-order valence-electron chi connectivity index (χ0n) is 11.8. The quantitative estimate of drug-likeness (QED) is 0.537. The molecule has 0 aliphatic heterocycles. The first-order valence-corrected chi connectivity index (χ1v) is 6.31. The summed E-state index contributed by atoms with van der Waals surface area (Å²) >= 11 is 0. The van der Waals surface area contributed by atoms with E-state index in [1.54, 1.807) is 27.7 Å². The molecular weight excluding hydrogens is 250 g/mol. The molecule has 0 aliphatic carbocycles. The molecule has 0 aliphatic rings. The van der Waals surface area contributed by atoms with E-state index in [2.05, 4.69) is 10.6 Å². The topological polar surface area (TPSA) is 122 Å². The van der Waals surface area contributed by atoms with Crippen LogP contribution in [0.25, 0.3) is 0 Å². The minimum absolute atomic E-state index is 0.201. The van der Waals surface area contributed by atoms with Crippen molar-refractivity contribution >= 4 is 17.9 Å². The molecule has 0 fully saturated rings. The molecule has 0 spiro atoms. The standard InChI is InChI=1S/C12H23N3O4/c1-5-12(6-2,10(17)18)15-9(16)8(7(3)4)14-11(13)19/h7-8H,5-6H2,1-4H3,(H,15,16)(H,17,18)(H3,13,14,19). The van der Waals surface area contributed by atoms with Crippen molar-refractivity contribution in [2.45, 2.75) is 52.1 Å². The maximum absolute atomic E-state index is 12.1. The van der Waals surface area contributed by atoms with Crippen LogP contribution < -0.4 is 16.4 Å². The van der Waals surface area contributed by atoms with Crippen molar-refractivity contribution in [2.24, 2.45) is 11.7 Å². The fourth-order valence-corrected chi connectivity index (χ4v) is 1.78. The molecule has 7 nitrogen and oxygen atoms in total. The Hall–Kier alpha value is -1.79. The van der Waals surface area contributed by atoms with Crippen molar-refractivity contribution in [1.82, 2.24) is 10.6 Å². The third kappa shape index (κ3) is 4.42. The second-order valence-corrected chi connectivity index (χ2v) is 4.81. The number of carbonyl (C=O) groups is 3. The minimum Gasteiger partial charge on any atom is -0.480 e. The SMILES string of the molecule is CCC(CC)(NC(=O)C(NC(N)=O)C(C)C)C(=O)O. The molecule has 0 aromatic heterocycles. The zero-order valence-corrected chi connectivity index (χ0v) is 11.8. The lowest BCUT2D eigenvalue weighted by atomic mass is 9.91. The Balaban J connectivity index is 5.06. The number of carboxylic acid groups (broad SMARTS) is 1. The Morgan fingerprint density at radius 3 is 1.95 bits per heavy atom. The highest BCUT2D eigenvalue weighted by atomic mass is 16.4. The van der Waals surface area contributed by atoms with Gasteiger partial charge in [0.25, 0.3) is 0 Å². The Labute approximate surface area is 112 Å². The van der Waals surface area contributed by atoms with Gasteiger partial charge in [-0.3, -0.25) is 4.79 Å². The summed E-state index contributed by atoms with van der Waals surface area (Å²) in [5, 5.41) is 14.1. The van der Waals surface area contributed by atoms with Gasteiger partial charge in [0.1, 0.15) is 11.6 Å². The van der Waals surface area contributed by atoms with Gasteiger partial charge in [-0.15, -0.1) is 0 Å². The van der Waals surface area contributed by atoms with E-state index >= 15 is 0 Å². The van der Waals surface area contributed by atoms with Gasteiger partial charge in [0.05, 0.1) is 0 Å². The Morgan fingerprint density at radius 2 is 1.68 bits per heavy atom. The molecule has 0 aromatic carbocycles. The molecule has 0 bridgehead atoms. The maximum Gasteiger partial charge on any atom is 0.329 e. The van der Waals surface area contributed by atoms with E-state index in [4.69, 9.17) is 5.73 Å². The van der Waals surface area contributed by atoms with Crippen LogP contribution in [0.15, 0.2) is 0 Å². The lowest BCUT2D eigenvalue weighted by molar-refractivity contribution is -0.148. The average Bonchev–Trinajstić information content (AvgIpc) is 2.31. The summed E-state index contributed by atoms with van der Waals surface area (Å²) in [6.45, 7) is 6.84. The van der Waals surface area contributed by atoms with Crippen LogP contribution in [-0.4, -0.2) is 34.6 Å². The lowest BCUT2D eigenvalue weighted by Crippen LogP contribution is -2.60. The fraction of sp³-hybridized carbons (Fsp3) is 0.750. The van der Waals surface area contributed by atoms with E-state index in [9.17, 15) is 19.5 Å². The van der Waals surface area contributed by atoms with Gasteiger partial charge in [0.15, 0.2) is 0 Å². The van der Waals surface area contributed by atoms with Crippen LogP contribution in [-0.2, 0) is 9.59 Å². The van der Waals surface area contributed by atoms with Gasteiger partial charge >= 0.3 is 12.0 Å². The second kappa shape index (κ2) is 6.96. The molecule has 0 aromatic rings. The van der Waals surface area contributed by atoms with Crippen LogP contribution in [0.1, 0.15) is 40.5 Å². The highest BCUT2D eigenvalue weighted by Crippen LogP contribution is 2.16. The number of primary amides is 1. The summed E-state index contributed by atoms with van der Waals surface area (Å²) in [5.41, 5.74) is 3.70. The molecule has 0 rings (SSSR count). The van der Waals surface area contributed by atoms with Crippen LogP contribution in [0.2, 0.25) is 0 Å². The predicted molar refractivity (Wildman–Crippen MR) is 70.4 cm³/mol. The molecule has 7 heteroatoms.